The Kier molecular flexibility index (Phi) is 9.64. The first-order valence-electron chi connectivity index (χ1n) is 10.8. The van der Waals surface area contributed by atoms with E-state index in [1.54, 1.807) is 0 Å². The van der Waals surface area contributed by atoms with Crippen molar-refractivity contribution >= 4 is 23.4 Å². The van der Waals surface area contributed by atoms with E-state index in [2.05, 4.69) is 0 Å². The molecule has 4 nitrogen and oxygen atoms in total. The third kappa shape index (κ3) is 7.32. The van der Waals surface area contributed by atoms with Crippen molar-refractivity contribution in [1.82, 2.24) is 9.80 Å². The molecule has 1 fully saturated rings. The highest BCUT2D eigenvalue weighted by molar-refractivity contribution is 6.19. The zero-order valence-electron chi connectivity index (χ0n) is 18.7. The number of carbonyl (C=O) groups excluding carboxylic acids is 2. The van der Waals surface area contributed by atoms with Gasteiger partial charge in [-0.1, -0.05) is 67.5 Å². The second kappa shape index (κ2) is 11.9. The molecule has 1 heterocycles. The van der Waals surface area contributed by atoms with E-state index in [9.17, 15) is 9.59 Å². The van der Waals surface area contributed by atoms with Crippen molar-refractivity contribution in [3.8, 4) is 0 Å². The summed E-state index contributed by atoms with van der Waals surface area (Å²) in [7, 11) is 0. The quantitative estimate of drug-likeness (QED) is 0.406. The van der Waals surface area contributed by atoms with E-state index in [0.717, 1.165) is 42.6 Å². The molecule has 5 heteroatoms. The Morgan fingerprint density at radius 3 is 2.23 bits per heavy atom. The molecular weight excluding hydrogens is 396 g/mol. The van der Waals surface area contributed by atoms with Crippen LogP contribution < -0.4 is 0 Å². The number of allylic oxidation sites excluding steroid dienone is 1. The molecule has 1 aliphatic heterocycles. The topological polar surface area (TPSA) is 40.6 Å². The fourth-order valence-electron chi connectivity index (χ4n) is 3.92. The lowest BCUT2D eigenvalue weighted by Crippen LogP contribution is -2.36. The van der Waals surface area contributed by atoms with Crippen LogP contribution in [-0.2, 0) is 16.1 Å². The maximum Gasteiger partial charge on any atom is 0.229 e. The molecule has 1 saturated heterocycles. The minimum absolute atomic E-state index is 0.0644. The van der Waals surface area contributed by atoms with Gasteiger partial charge in [0.15, 0.2) is 0 Å². The van der Waals surface area contributed by atoms with Gasteiger partial charge in [-0.3, -0.25) is 9.59 Å². The van der Waals surface area contributed by atoms with Gasteiger partial charge in [0.1, 0.15) is 0 Å². The van der Waals surface area contributed by atoms with E-state index in [1.807, 2.05) is 80.0 Å². The van der Waals surface area contributed by atoms with Crippen LogP contribution in [0.5, 0.6) is 0 Å². The van der Waals surface area contributed by atoms with Crippen LogP contribution in [0.4, 0.5) is 0 Å². The summed E-state index contributed by atoms with van der Waals surface area (Å²) in [5.74, 6) is 0.249. The van der Waals surface area contributed by atoms with Crippen LogP contribution in [0.3, 0.4) is 0 Å². The van der Waals surface area contributed by atoms with Gasteiger partial charge >= 0.3 is 0 Å². The van der Waals surface area contributed by atoms with Crippen molar-refractivity contribution in [1.29, 1.82) is 0 Å². The second-order valence-electron chi connectivity index (χ2n) is 8.45. The number of hydrogen-bond acceptors (Lipinski definition) is 2. The average molecular weight is 431 g/mol. The highest BCUT2D eigenvalue weighted by Gasteiger charge is 2.23. The number of amides is 2. The monoisotopic (exact) mass is 430 g/mol. The standard InChI is InChI=1S/C25H35ClN2O2/c1-19(16-26)14-21(3)25(30)28(18-23-10-6-5-7-11-23)17-20(2)15-22(4)24(29)27-12-8-9-13-27/h5-7,10-11,14-15,21-22H,8-9,12-13,16-18H2,1-4H3/b19-14+,20-15+/t21-,22-/m1/s1. The van der Waals surface area contributed by atoms with E-state index in [1.165, 1.54) is 0 Å². The smallest absolute Gasteiger partial charge is 0.229 e. The molecule has 2 amide bonds. The van der Waals surface area contributed by atoms with Gasteiger partial charge < -0.3 is 9.80 Å². The highest BCUT2D eigenvalue weighted by Crippen LogP contribution is 2.17. The molecule has 2 atom stereocenters. The predicted octanol–water partition coefficient (Wildman–Crippen LogP) is 5.04. The third-order valence-electron chi connectivity index (χ3n) is 5.44. The first-order valence-corrected chi connectivity index (χ1v) is 11.4. The average Bonchev–Trinajstić information content (AvgIpc) is 3.27. The summed E-state index contributed by atoms with van der Waals surface area (Å²) in [5.41, 5.74) is 3.11. The Bertz CT molecular complexity index is 767. The van der Waals surface area contributed by atoms with Crippen molar-refractivity contribution < 1.29 is 9.59 Å². The SMILES string of the molecule is C/C(=C\[C@@H](C)C(=O)N(C/C(C)=C/[C@@H](C)C(=O)N1CCCC1)Cc1ccccc1)CCl. The molecule has 0 saturated carbocycles. The molecule has 0 spiro atoms. The summed E-state index contributed by atoms with van der Waals surface area (Å²) in [6.07, 6.45) is 6.13. The van der Waals surface area contributed by atoms with E-state index in [-0.39, 0.29) is 23.7 Å². The fraction of sp³-hybridized carbons (Fsp3) is 0.520. The van der Waals surface area contributed by atoms with Crippen molar-refractivity contribution in [2.75, 3.05) is 25.5 Å². The Morgan fingerprint density at radius 1 is 1.03 bits per heavy atom. The fourth-order valence-corrected chi connectivity index (χ4v) is 4.01. The third-order valence-corrected chi connectivity index (χ3v) is 5.87. The number of benzene rings is 1. The molecular formula is C25H35ClN2O2. The van der Waals surface area contributed by atoms with Gasteiger partial charge in [-0.25, -0.2) is 0 Å². The van der Waals surface area contributed by atoms with E-state index in [4.69, 9.17) is 11.6 Å². The molecule has 1 aromatic carbocycles. The first kappa shape index (κ1) is 24.2. The van der Waals surface area contributed by atoms with Crippen molar-refractivity contribution in [3.05, 3.63) is 59.2 Å². The van der Waals surface area contributed by atoms with Crippen molar-refractivity contribution in [3.63, 3.8) is 0 Å². The molecule has 0 aliphatic carbocycles. The lowest BCUT2D eigenvalue weighted by atomic mass is 10.0. The van der Waals surface area contributed by atoms with E-state index >= 15 is 0 Å². The Labute approximate surface area is 186 Å². The number of alkyl halides is 1. The van der Waals surface area contributed by atoms with Gasteiger partial charge in [-0.05, 0) is 32.3 Å². The van der Waals surface area contributed by atoms with Crippen LogP contribution in [0, 0.1) is 11.8 Å². The molecule has 30 heavy (non-hydrogen) atoms. The maximum absolute atomic E-state index is 13.2. The first-order chi connectivity index (χ1) is 14.3. The molecule has 0 bridgehead atoms. The zero-order chi connectivity index (χ0) is 22.1. The molecule has 0 unspecified atom stereocenters. The lowest BCUT2D eigenvalue weighted by Gasteiger charge is -2.26. The predicted molar refractivity (Wildman–Crippen MR) is 124 cm³/mol. The number of nitrogens with zero attached hydrogens (tertiary/aromatic N) is 2. The van der Waals surface area contributed by atoms with Gasteiger partial charge in [-0.2, -0.15) is 0 Å². The summed E-state index contributed by atoms with van der Waals surface area (Å²) < 4.78 is 0. The molecule has 0 N–H and O–H groups in total. The maximum atomic E-state index is 13.2. The number of hydrogen-bond donors (Lipinski definition) is 0. The summed E-state index contributed by atoms with van der Waals surface area (Å²) in [5, 5.41) is 0. The molecule has 1 aliphatic rings. The van der Waals surface area contributed by atoms with Gasteiger partial charge in [0, 0.05) is 32.1 Å². The minimum Gasteiger partial charge on any atom is -0.342 e. The van der Waals surface area contributed by atoms with Crippen LogP contribution in [0.2, 0.25) is 0 Å². The Morgan fingerprint density at radius 2 is 1.63 bits per heavy atom. The molecule has 164 valence electrons. The van der Waals surface area contributed by atoms with Crippen LogP contribution in [0.1, 0.15) is 46.1 Å². The Balaban J connectivity index is 2.14. The van der Waals surface area contributed by atoms with Gasteiger partial charge in [-0.15, -0.1) is 11.6 Å². The van der Waals surface area contributed by atoms with E-state index in [0.29, 0.717) is 19.0 Å². The van der Waals surface area contributed by atoms with Crippen LogP contribution in [0.15, 0.2) is 53.6 Å². The van der Waals surface area contributed by atoms with Crippen molar-refractivity contribution in [2.45, 2.75) is 47.1 Å². The molecule has 2 rings (SSSR count). The van der Waals surface area contributed by atoms with Crippen LogP contribution >= 0.6 is 11.6 Å². The van der Waals surface area contributed by atoms with Crippen LogP contribution in [0.25, 0.3) is 0 Å². The highest BCUT2D eigenvalue weighted by atomic mass is 35.5. The summed E-state index contributed by atoms with van der Waals surface area (Å²) in [4.78, 5) is 29.7. The molecule has 0 radical (unpaired) electrons. The molecule has 0 aromatic heterocycles. The van der Waals surface area contributed by atoms with Gasteiger partial charge in [0.25, 0.3) is 0 Å². The van der Waals surface area contributed by atoms with Crippen LogP contribution in [-0.4, -0.2) is 47.1 Å². The normalized spacial score (nSPS) is 17.0. The number of likely N-dealkylation sites (tertiary alicyclic amines) is 1. The zero-order valence-corrected chi connectivity index (χ0v) is 19.5. The number of rotatable bonds is 9. The Hall–Kier alpha value is -2.07. The van der Waals surface area contributed by atoms with Gasteiger partial charge in [0.05, 0.1) is 11.8 Å². The summed E-state index contributed by atoms with van der Waals surface area (Å²) >= 11 is 5.90. The lowest BCUT2D eigenvalue weighted by molar-refractivity contribution is -0.133. The van der Waals surface area contributed by atoms with E-state index < -0.39 is 0 Å². The largest absolute Gasteiger partial charge is 0.342 e. The minimum atomic E-state index is -0.246. The van der Waals surface area contributed by atoms with Crippen molar-refractivity contribution in [2.24, 2.45) is 11.8 Å². The summed E-state index contributed by atoms with van der Waals surface area (Å²) in [6.45, 7) is 10.6. The van der Waals surface area contributed by atoms with Gasteiger partial charge in [0.2, 0.25) is 11.8 Å². The number of halogens is 1. The number of carbonyl (C=O) groups is 2. The summed E-state index contributed by atoms with van der Waals surface area (Å²) in [6, 6.07) is 10.0. The second-order valence-corrected chi connectivity index (χ2v) is 8.72. The molecule has 1 aromatic rings.